The Bertz CT molecular complexity index is 323. The minimum absolute atomic E-state index is 0.0207. The predicted octanol–water partition coefficient (Wildman–Crippen LogP) is 3.33. The van der Waals surface area contributed by atoms with E-state index in [4.69, 9.17) is 4.74 Å². The average molecular weight is 284 g/mol. The number of hydrogen-bond donors (Lipinski definition) is 0. The van der Waals surface area contributed by atoms with Crippen molar-refractivity contribution in [2.75, 3.05) is 6.61 Å². The number of aromatic nitrogens is 1. The fourth-order valence-electron chi connectivity index (χ4n) is 1.40. The van der Waals surface area contributed by atoms with Crippen LogP contribution in [0.15, 0.2) is 9.98 Å². The highest BCUT2D eigenvalue weighted by Crippen LogP contribution is 2.42. The number of nitrogens with zero attached hydrogens (tertiary/aromatic N) is 1. The molecule has 2 nitrogen and oxygen atoms in total. The molecule has 14 heavy (non-hydrogen) atoms. The van der Waals surface area contributed by atoms with Crippen molar-refractivity contribution < 1.29 is 13.5 Å². The summed E-state index contributed by atoms with van der Waals surface area (Å²) in [6.45, 7) is 0.343. The van der Waals surface area contributed by atoms with Crippen LogP contribution in [0.25, 0.3) is 0 Å². The molecule has 0 aromatic carbocycles. The van der Waals surface area contributed by atoms with Crippen LogP contribution in [0.3, 0.4) is 0 Å². The van der Waals surface area contributed by atoms with Crippen LogP contribution in [-0.4, -0.2) is 17.5 Å². The van der Waals surface area contributed by atoms with Crippen LogP contribution in [0, 0.1) is 5.92 Å². The molecular weight excluding hydrogens is 276 g/mol. The zero-order chi connectivity index (χ0) is 10.2. The summed E-state index contributed by atoms with van der Waals surface area (Å²) >= 11 is 4.55. The number of rotatable bonds is 3. The highest BCUT2D eigenvalue weighted by Gasteiger charge is 2.45. The van der Waals surface area contributed by atoms with Crippen LogP contribution in [0.4, 0.5) is 8.78 Å². The second-order valence-corrected chi connectivity index (χ2v) is 5.01. The molecule has 0 radical (unpaired) electrons. The lowest BCUT2D eigenvalue weighted by Gasteiger charge is -2.34. The van der Waals surface area contributed by atoms with Gasteiger partial charge in [0.1, 0.15) is 4.60 Å². The SMILES string of the molecule is FC1(F)CC(COc2nc(Br)cs2)C1. The minimum Gasteiger partial charge on any atom is -0.470 e. The van der Waals surface area contributed by atoms with Crippen molar-refractivity contribution >= 4 is 27.3 Å². The summed E-state index contributed by atoms with van der Waals surface area (Å²) in [6, 6.07) is 0. The molecule has 6 heteroatoms. The van der Waals surface area contributed by atoms with Gasteiger partial charge in [-0.2, -0.15) is 4.98 Å². The number of thiazole rings is 1. The van der Waals surface area contributed by atoms with Crippen molar-refractivity contribution in [2.45, 2.75) is 18.8 Å². The van der Waals surface area contributed by atoms with E-state index in [1.165, 1.54) is 11.3 Å². The first-order valence-corrected chi connectivity index (χ1v) is 5.84. The Morgan fingerprint density at radius 1 is 1.64 bits per heavy atom. The van der Waals surface area contributed by atoms with E-state index in [0.717, 1.165) is 4.60 Å². The van der Waals surface area contributed by atoms with Gasteiger partial charge >= 0.3 is 0 Å². The van der Waals surface area contributed by atoms with E-state index in [1.54, 1.807) is 5.38 Å². The molecule has 1 aromatic rings. The molecular formula is C8H8BrF2NOS. The molecule has 0 N–H and O–H groups in total. The maximum atomic E-state index is 12.4. The summed E-state index contributed by atoms with van der Waals surface area (Å²) in [7, 11) is 0. The Morgan fingerprint density at radius 3 is 2.86 bits per heavy atom. The van der Waals surface area contributed by atoms with Crippen LogP contribution in [-0.2, 0) is 0 Å². The van der Waals surface area contributed by atoms with Crippen molar-refractivity contribution in [3.63, 3.8) is 0 Å². The zero-order valence-corrected chi connectivity index (χ0v) is 9.58. The highest BCUT2D eigenvalue weighted by atomic mass is 79.9. The van der Waals surface area contributed by atoms with E-state index in [1.807, 2.05) is 0 Å². The van der Waals surface area contributed by atoms with Gasteiger partial charge in [0.05, 0.1) is 6.61 Å². The van der Waals surface area contributed by atoms with Crippen molar-refractivity contribution in [2.24, 2.45) is 5.92 Å². The van der Waals surface area contributed by atoms with E-state index in [-0.39, 0.29) is 18.8 Å². The molecule has 0 aliphatic heterocycles. The highest BCUT2D eigenvalue weighted by molar-refractivity contribution is 9.10. The molecule has 0 unspecified atom stereocenters. The van der Waals surface area contributed by atoms with Crippen molar-refractivity contribution in [1.82, 2.24) is 4.98 Å². The summed E-state index contributed by atoms with van der Waals surface area (Å²) in [5.74, 6) is -2.48. The molecule has 0 atom stereocenters. The van der Waals surface area contributed by atoms with E-state index in [2.05, 4.69) is 20.9 Å². The molecule has 0 spiro atoms. The maximum Gasteiger partial charge on any atom is 0.274 e. The van der Waals surface area contributed by atoms with Gasteiger partial charge in [-0.25, -0.2) is 8.78 Å². The molecule has 1 heterocycles. The second-order valence-electron chi connectivity index (χ2n) is 3.38. The largest absolute Gasteiger partial charge is 0.470 e. The Balaban J connectivity index is 1.74. The Labute approximate surface area is 92.4 Å². The molecule has 78 valence electrons. The predicted molar refractivity (Wildman–Crippen MR) is 53.0 cm³/mol. The molecule has 0 bridgehead atoms. The molecule has 1 aliphatic rings. The van der Waals surface area contributed by atoms with E-state index in [9.17, 15) is 8.78 Å². The summed E-state index contributed by atoms with van der Waals surface area (Å²) in [5, 5.41) is 2.33. The third kappa shape index (κ3) is 2.42. The third-order valence-corrected chi connectivity index (χ3v) is 3.53. The van der Waals surface area contributed by atoms with Crippen LogP contribution < -0.4 is 4.74 Å². The monoisotopic (exact) mass is 283 g/mol. The smallest absolute Gasteiger partial charge is 0.274 e. The lowest BCUT2D eigenvalue weighted by atomic mass is 9.82. The van der Waals surface area contributed by atoms with Crippen molar-refractivity contribution in [3.8, 4) is 5.19 Å². The molecule has 1 saturated carbocycles. The minimum atomic E-state index is -2.46. The molecule has 0 amide bonds. The van der Waals surface area contributed by atoms with Gasteiger partial charge in [0, 0.05) is 24.1 Å². The Kier molecular flexibility index (Phi) is 2.74. The average Bonchev–Trinajstić information content (AvgIpc) is 2.44. The van der Waals surface area contributed by atoms with Gasteiger partial charge in [-0.3, -0.25) is 0 Å². The van der Waals surface area contributed by atoms with Gasteiger partial charge in [0.15, 0.2) is 0 Å². The third-order valence-electron chi connectivity index (χ3n) is 2.07. The van der Waals surface area contributed by atoms with Gasteiger partial charge in [0.25, 0.3) is 5.19 Å². The lowest BCUT2D eigenvalue weighted by Crippen LogP contribution is -2.38. The molecule has 0 saturated heterocycles. The molecule has 1 aromatic heterocycles. The zero-order valence-electron chi connectivity index (χ0n) is 7.17. The quantitative estimate of drug-likeness (QED) is 0.849. The topological polar surface area (TPSA) is 22.1 Å². The number of halogens is 3. The fraction of sp³-hybridized carbons (Fsp3) is 0.625. The van der Waals surface area contributed by atoms with Crippen LogP contribution in [0.5, 0.6) is 5.19 Å². The van der Waals surface area contributed by atoms with Crippen LogP contribution in [0.1, 0.15) is 12.8 Å². The lowest BCUT2D eigenvalue weighted by molar-refractivity contribution is -0.119. The first-order valence-electron chi connectivity index (χ1n) is 4.17. The normalized spacial score (nSPS) is 20.5. The van der Waals surface area contributed by atoms with Gasteiger partial charge < -0.3 is 4.74 Å². The van der Waals surface area contributed by atoms with Gasteiger partial charge in [0.2, 0.25) is 5.92 Å². The van der Waals surface area contributed by atoms with E-state index in [0.29, 0.717) is 11.8 Å². The standard InChI is InChI=1S/C8H8BrF2NOS/c9-6-4-14-7(12-6)13-3-5-1-8(10,11)2-5/h4-5H,1-3H2. The second kappa shape index (κ2) is 3.73. The van der Waals surface area contributed by atoms with Gasteiger partial charge in [-0.05, 0) is 15.9 Å². The number of ether oxygens (including phenoxy) is 1. The summed E-state index contributed by atoms with van der Waals surface area (Å²) in [4.78, 5) is 4.00. The van der Waals surface area contributed by atoms with E-state index < -0.39 is 5.92 Å². The van der Waals surface area contributed by atoms with Crippen molar-refractivity contribution in [3.05, 3.63) is 9.98 Å². The molecule has 1 aliphatic carbocycles. The fourth-order valence-corrected chi connectivity index (χ4v) is 2.49. The van der Waals surface area contributed by atoms with Crippen LogP contribution >= 0.6 is 27.3 Å². The summed E-state index contributed by atoms with van der Waals surface area (Å²) < 4.78 is 30.9. The first kappa shape index (κ1) is 10.3. The van der Waals surface area contributed by atoms with E-state index >= 15 is 0 Å². The van der Waals surface area contributed by atoms with Gasteiger partial charge in [-0.15, -0.1) is 0 Å². The molecule has 1 fully saturated rings. The molecule has 2 rings (SSSR count). The summed E-state index contributed by atoms with van der Waals surface area (Å²) in [6.07, 6.45) is -0.112. The van der Waals surface area contributed by atoms with Gasteiger partial charge in [-0.1, -0.05) is 11.3 Å². The first-order chi connectivity index (χ1) is 6.55. The Hall–Kier alpha value is -0.230. The van der Waals surface area contributed by atoms with Crippen molar-refractivity contribution in [1.29, 1.82) is 0 Å². The number of alkyl halides is 2. The maximum absolute atomic E-state index is 12.4. The van der Waals surface area contributed by atoms with Crippen LogP contribution in [0.2, 0.25) is 0 Å². The number of hydrogen-bond acceptors (Lipinski definition) is 3. The summed E-state index contributed by atoms with van der Waals surface area (Å²) in [5.41, 5.74) is 0. The Morgan fingerprint density at radius 2 is 2.36 bits per heavy atom.